The molecule has 0 amide bonds. The van der Waals surface area contributed by atoms with E-state index in [1.165, 1.54) is 0 Å². The molecule has 0 aliphatic heterocycles. The summed E-state index contributed by atoms with van der Waals surface area (Å²) in [7, 11) is 0. The highest BCUT2D eigenvalue weighted by Crippen LogP contribution is 2.05. The third-order valence-corrected chi connectivity index (χ3v) is 1.94. The van der Waals surface area contributed by atoms with Crippen molar-refractivity contribution in [3.05, 3.63) is 35.4 Å². The van der Waals surface area contributed by atoms with Crippen molar-refractivity contribution in [2.75, 3.05) is 13.2 Å². The molecule has 1 aromatic rings. The molecule has 1 N–H and O–H groups in total. The third-order valence-electron chi connectivity index (χ3n) is 1.94. The second-order valence-electron chi connectivity index (χ2n) is 2.95. The summed E-state index contributed by atoms with van der Waals surface area (Å²) in [6.45, 7) is 3.35. The maximum absolute atomic E-state index is 10.5. The molecule has 3 heteroatoms. The van der Waals surface area contributed by atoms with Gasteiger partial charge in [-0.1, -0.05) is 12.1 Å². The quantitative estimate of drug-likeness (QED) is 0.729. The highest BCUT2D eigenvalue weighted by Gasteiger charge is 2.01. The Morgan fingerprint density at radius 2 is 2.00 bits per heavy atom. The largest absolute Gasteiger partial charge is 0.478 e. The van der Waals surface area contributed by atoms with E-state index >= 15 is 0 Å². The molecule has 1 aromatic carbocycles. The second-order valence-corrected chi connectivity index (χ2v) is 2.95. The van der Waals surface area contributed by atoms with Gasteiger partial charge < -0.3 is 9.84 Å². The number of carbonyl (C=O) groups is 1. The Labute approximate surface area is 83.3 Å². The lowest BCUT2D eigenvalue weighted by Crippen LogP contribution is -1.99. The monoisotopic (exact) mass is 194 g/mol. The van der Waals surface area contributed by atoms with E-state index < -0.39 is 5.97 Å². The molecule has 0 aliphatic rings. The average molecular weight is 194 g/mol. The summed E-state index contributed by atoms with van der Waals surface area (Å²) >= 11 is 0. The van der Waals surface area contributed by atoms with Crippen molar-refractivity contribution in [2.45, 2.75) is 13.3 Å². The van der Waals surface area contributed by atoms with Crippen LogP contribution in [0.4, 0.5) is 0 Å². The van der Waals surface area contributed by atoms with Crippen molar-refractivity contribution in [2.24, 2.45) is 0 Å². The van der Waals surface area contributed by atoms with Gasteiger partial charge in [0.2, 0.25) is 0 Å². The first kappa shape index (κ1) is 10.7. The molecule has 0 radical (unpaired) electrons. The van der Waals surface area contributed by atoms with Crippen LogP contribution in [0.2, 0.25) is 0 Å². The van der Waals surface area contributed by atoms with E-state index in [2.05, 4.69) is 0 Å². The Hall–Kier alpha value is -1.35. The summed E-state index contributed by atoms with van der Waals surface area (Å²) in [4.78, 5) is 10.5. The first-order chi connectivity index (χ1) is 6.74. The van der Waals surface area contributed by atoms with Gasteiger partial charge in [-0.2, -0.15) is 0 Å². The number of benzene rings is 1. The third kappa shape index (κ3) is 3.18. The van der Waals surface area contributed by atoms with Gasteiger partial charge in [-0.3, -0.25) is 0 Å². The van der Waals surface area contributed by atoms with E-state index in [4.69, 9.17) is 9.84 Å². The van der Waals surface area contributed by atoms with Crippen molar-refractivity contribution < 1.29 is 14.6 Å². The molecule has 0 aliphatic carbocycles. The lowest BCUT2D eigenvalue weighted by Gasteiger charge is -2.02. The first-order valence-electron chi connectivity index (χ1n) is 4.64. The topological polar surface area (TPSA) is 46.5 Å². The SMILES string of the molecule is CCOCCc1ccc(C(=O)O)cc1. The summed E-state index contributed by atoms with van der Waals surface area (Å²) in [5, 5.41) is 8.67. The fraction of sp³-hybridized carbons (Fsp3) is 0.364. The van der Waals surface area contributed by atoms with Gasteiger partial charge in [0.05, 0.1) is 12.2 Å². The van der Waals surface area contributed by atoms with Crippen LogP contribution in [0, 0.1) is 0 Å². The maximum Gasteiger partial charge on any atom is 0.335 e. The van der Waals surface area contributed by atoms with E-state index in [0.717, 1.165) is 12.0 Å². The van der Waals surface area contributed by atoms with Crippen LogP contribution in [0.15, 0.2) is 24.3 Å². The van der Waals surface area contributed by atoms with Gasteiger partial charge in [-0.25, -0.2) is 4.79 Å². The molecule has 14 heavy (non-hydrogen) atoms. The normalized spacial score (nSPS) is 10.1. The van der Waals surface area contributed by atoms with Crippen molar-refractivity contribution in [1.29, 1.82) is 0 Å². The van der Waals surface area contributed by atoms with Gasteiger partial charge in [-0.15, -0.1) is 0 Å². The highest BCUT2D eigenvalue weighted by molar-refractivity contribution is 5.87. The van der Waals surface area contributed by atoms with Crippen LogP contribution in [-0.2, 0) is 11.2 Å². The molecule has 0 saturated carbocycles. The van der Waals surface area contributed by atoms with Crippen LogP contribution in [0.1, 0.15) is 22.8 Å². The Morgan fingerprint density at radius 1 is 1.36 bits per heavy atom. The predicted octanol–water partition coefficient (Wildman–Crippen LogP) is 1.96. The van der Waals surface area contributed by atoms with Crippen LogP contribution < -0.4 is 0 Å². The fourth-order valence-corrected chi connectivity index (χ4v) is 1.15. The molecule has 0 aromatic heterocycles. The Bertz CT molecular complexity index is 290. The zero-order chi connectivity index (χ0) is 10.4. The van der Waals surface area contributed by atoms with Gasteiger partial charge in [0.15, 0.2) is 0 Å². The van der Waals surface area contributed by atoms with Crippen LogP contribution in [0.3, 0.4) is 0 Å². The lowest BCUT2D eigenvalue weighted by atomic mass is 10.1. The molecule has 0 saturated heterocycles. The number of carboxylic acid groups (broad SMARTS) is 1. The van der Waals surface area contributed by atoms with Gasteiger partial charge >= 0.3 is 5.97 Å². The number of rotatable bonds is 5. The Morgan fingerprint density at radius 3 is 2.50 bits per heavy atom. The Balaban J connectivity index is 2.51. The lowest BCUT2D eigenvalue weighted by molar-refractivity contribution is 0.0697. The molecular formula is C11H14O3. The summed E-state index contributed by atoms with van der Waals surface area (Å²) in [6, 6.07) is 6.87. The zero-order valence-corrected chi connectivity index (χ0v) is 8.19. The smallest absolute Gasteiger partial charge is 0.335 e. The van der Waals surface area contributed by atoms with Crippen LogP contribution in [-0.4, -0.2) is 24.3 Å². The predicted molar refractivity (Wildman–Crippen MR) is 53.6 cm³/mol. The van der Waals surface area contributed by atoms with Crippen molar-refractivity contribution in [3.8, 4) is 0 Å². The van der Waals surface area contributed by atoms with E-state index in [0.29, 0.717) is 18.8 Å². The van der Waals surface area contributed by atoms with Crippen LogP contribution in [0.5, 0.6) is 0 Å². The molecule has 3 nitrogen and oxygen atoms in total. The van der Waals surface area contributed by atoms with Crippen LogP contribution >= 0.6 is 0 Å². The number of carboxylic acids is 1. The molecule has 0 fully saturated rings. The van der Waals surface area contributed by atoms with E-state index in [-0.39, 0.29) is 0 Å². The number of ether oxygens (including phenoxy) is 1. The summed E-state index contributed by atoms with van der Waals surface area (Å²) in [5.74, 6) is -0.888. The van der Waals surface area contributed by atoms with Crippen molar-refractivity contribution in [1.82, 2.24) is 0 Å². The number of hydrogen-bond acceptors (Lipinski definition) is 2. The van der Waals surface area contributed by atoms with E-state index in [1.807, 2.05) is 19.1 Å². The molecular weight excluding hydrogens is 180 g/mol. The molecule has 0 bridgehead atoms. The molecule has 0 unspecified atom stereocenters. The van der Waals surface area contributed by atoms with Crippen molar-refractivity contribution in [3.63, 3.8) is 0 Å². The fourth-order valence-electron chi connectivity index (χ4n) is 1.15. The minimum absolute atomic E-state index is 0.324. The number of hydrogen-bond donors (Lipinski definition) is 1. The minimum Gasteiger partial charge on any atom is -0.478 e. The van der Waals surface area contributed by atoms with Crippen molar-refractivity contribution >= 4 is 5.97 Å². The number of aromatic carboxylic acids is 1. The average Bonchev–Trinajstić information content (AvgIpc) is 2.19. The van der Waals surface area contributed by atoms with Gasteiger partial charge in [0.25, 0.3) is 0 Å². The van der Waals surface area contributed by atoms with Gasteiger partial charge in [0, 0.05) is 6.61 Å². The summed E-state index contributed by atoms with van der Waals surface area (Å²) in [5.41, 5.74) is 1.42. The molecule has 76 valence electrons. The standard InChI is InChI=1S/C11H14O3/c1-2-14-8-7-9-3-5-10(6-4-9)11(12)13/h3-6H,2,7-8H2,1H3,(H,12,13). The first-order valence-corrected chi connectivity index (χ1v) is 4.64. The zero-order valence-electron chi connectivity index (χ0n) is 8.19. The maximum atomic E-state index is 10.5. The highest BCUT2D eigenvalue weighted by atomic mass is 16.5. The Kier molecular flexibility index (Phi) is 4.13. The second kappa shape index (κ2) is 5.40. The molecule has 1 rings (SSSR count). The minimum atomic E-state index is -0.888. The molecule has 0 spiro atoms. The van der Waals surface area contributed by atoms with E-state index in [9.17, 15) is 4.79 Å². The summed E-state index contributed by atoms with van der Waals surface area (Å²) in [6.07, 6.45) is 0.827. The van der Waals surface area contributed by atoms with E-state index in [1.54, 1.807) is 12.1 Å². The molecule has 0 heterocycles. The summed E-state index contributed by atoms with van der Waals surface area (Å²) < 4.78 is 5.20. The van der Waals surface area contributed by atoms with Gasteiger partial charge in [-0.05, 0) is 31.0 Å². The molecule has 0 atom stereocenters. The van der Waals surface area contributed by atoms with Gasteiger partial charge in [0.1, 0.15) is 0 Å². The van der Waals surface area contributed by atoms with Crippen LogP contribution in [0.25, 0.3) is 0 Å².